The van der Waals surface area contributed by atoms with E-state index >= 15 is 0 Å². The van der Waals surface area contributed by atoms with Gasteiger partial charge in [-0.25, -0.2) is 0 Å². The highest BCUT2D eigenvalue weighted by Crippen LogP contribution is 2.32. The summed E-state index contributed by atoms with van der Waals surface area (Å²) in [6.07, 6.45) is 7.66. The molecule has 0 aliphatic carbocycles. The summed E-state index contributed by atoms with van der Waals surface area (Å²) in [7, 11) is 0. The first-order valence-corrected chi connectivity index (χ1v) is 10.9. The van der Waals surface area contributed by atoms with Crippen molar-refractivity contribution in [3.63, 3.8) is 0 Å². The van der Waals surface area contributed by atoms with Gasteiger partial charge < -0.3 is 4.90 Å². The van der Waals surface area contributed by atoms with E-state index in [4.69, 9.17) is 12.2 Å². The van der Waals surface area contributed by atoms with Crippen LogP contribution in [0.25, 0.3) is 6.08 Å². The summed E-state index contributed by atoms with van der Waals surface area (Å²) < 4.78 is 0.584. The van der Waals surface area contributed by atoms with Gasteiger partial charge in [-0.2, -0.15) is 0 Å². The lowest BCUT2D eigenvalue weighted by Gasteiger charge is -2.21. The van der Waals surface area contributed by atoms with E-state index < -0.39 is 0 Å². The number of hydrogen-bond donors (Lipinski definition) is 0. The zero-order valence-electron chi connectivity index (χ0n) is 15.8. The van der Waals surface area contributed by atoms with Crippen LogP contribution in [0.1, 0.15) is 49.7 Å². The van der Waals surface area contributed by atoms with E-state index in [1.807, 2.05) is 42.2 Å². The van der Waals surface area contributed by atoms with Gasteiger partial charge in [0.1, 0.15) is 4.32 Å². The molecule has 0 saturated carbocycles. The summed E-state index contributed by atoms with van der Waals surface area (Å²) in [6.45, 7) is 4.30. The molecule has 1 aromatic carbocycles. The first kappa shape index (κ1) is 20.1. The minimum Gasteiger partial charge on any atom is -0.343 e. The number of thioether (sulfide) groups is 1. The lowest BCUT2D eigenvalue weighted by Crippen LogP contribution is -2.33. The van der Waals surface area contributed by atoms with Crippen molar-refractivity contribution in [3.8, 4) is 0 Å². The summed E-state index contributed by atoms with van der Waals surface area (Å²) in [5.41, 5.74) is 2.19. The Hall–Kier alpha value is -1.66. The molecule has 2 heterocycles. The summed E-state index contributed by atoms with van der Waals surface area (Å²) >= 11 is 6.73. The molecule has 6 heteroatoms. The third-order valence-corrected chi connectivity index (χ3v) is 6.36. The van der Waals surface area contributed by atoms with E-state index in [0.717, 1.165) is 31.5 Å². The SMILES string of the molecule is Cc1ccc(/C=C2\SC(=S)N(CCCC(=O)N3CCCCCC3)C2=O)cc1. The standard InChI is InChI=1S/C21H26N2O2S2/c1-16-8-10-17(11-9-16)15-18-20(25)23(21(26)27-18)14-6-7-19(24)22-12-4-2-3-5-13-22/h8-11,15H,2-7,12-14H2,1H3/b18-15-. The summed E-state index contributed by atoms with van der Waals surface area (Å²) in [5.74, 6) is 0.158. The molecule has 2 fully saturated rings. The van der Waals surface area contributed by atoms with E-state index in [9.17, 15) is 9.59 Å². The topological polar surface area (TPSA) is 40.6 Å². The molecule has 3 rings (SSSR count). The second-order valence-corrected chi connectivity index (χ2v) is 8.82. The molecule has 4 nitrogen and oxygen atoms in total. The van der Waals surface area contributed by atoms with Crippen molar-refractivity contribution in [2.45, 2.75) is 45.4 Å². The van der Waals surface area contributed by atoms with Gasteiger partial charge >= 0.3 is 0 Å². The van der Waals surface area contributed by atoms with Crippen molar-refractivity contribution >= 4 is 46.2 Å². The smallest absolute Gasteiger partial charge is 0.266 e. The number of amides is 2. The number of benzene rings is 1. The third-order valence-electron chi connectivity index (χ3n) is 4.98. The van der Waals surface area contributed by atoms with Gasteiger partial charge in [-0.3, -0.25) is 14.5 Å². The normalized spacial score (nSPS) is 19.7. The number of aryl methyl sites for hydroxylation is 1. The maximum atomic E-state index is 12.7. The fourth-order valence-electron chi connectivity index (χ4n) is 3.37. The molecule has 27 heavy (non-hydrogen) atoms. The second-order valence-electron chi connectivity index (χ2n) is 7.14. The molecule has 0 unspecified atom stereocenters. The molecule has 2 amide bonds. The van der Waals surface area contributed by atoms with E-state index in [1.54, 1.807) is 4.90 Å². The van der Waals surface area contributed by atoms with Gasteiger partial charge in [-0.1, -0.05) is 66.7 Å². The van der Waals surface area contributed by atoms with Crippen molar-refractivity contribution in [3.05, 3.63) is 40.3 Å². The lowest BCUT2D eigenvalue weighted by molar-refractivity contribution is -0.131. The molecule has 0 aromatic heterocycles. The Balaban J connectivity index is 1.53. The monoisotopic (exact) mass is 402 g/mol. The van der Waals surface area contributed by atoms with Crippen molar-refractivity contribution in [1.29, 1.82) is 0 Å². The van der Waals surface area contributed by atoms with Gasteiger partial charge in [0.25, 0.3) is 5.91 Å². The summed E-state index contributed by atoms with van der Waals surface area (Å²) in [6, 6.07) is 8.06. The Bertz CT molecular complexity index is 735. The average molecular weight is 403 g/mol. The van der Waals surface area contributed by atoms with Gasteiger partial charge in [-0.05, 0) is 37.8 Å². The highest BCUT2D eigenvalue weighted by Gasteiger charge is 2.31. The minimum absolute atomic E-state index is 0.0483. The number of carbonyl (C=O) groups excluding carboxylic acids is 2. The predicted octanol–water partition coefficient (Wildman–Crippen LogP) is 4.38. The van der Waals surface area contributed by atoms with Crippen LogP contribution >= 0.6 is 24.0 Å². The van der Waals surface area contributed by atoms with Gasteiger partial charge in [0, 0.05) is 26.1 Å². The molecule has 2 aliphatic heterocycles. The lowest BCUT2D eigenvalue weighted by atomic mass is 10.1. The molecule has 1 aromatic rings. The molecular weight excluding hydrogens is 376 g/mol. The average Bonchev–Trinajstić information content (AvgIpc) is 2.86. The Kier molecular flexibility index (Phi) is 7.07. The van der Waals surface area contributed by atoms with Gasteiger partial charge in [0.05, 0.1) is 4.91 Å². The zero-order chi connectivity index (χ0) is 19.2. The Labute approximate surface area is 171 Å². The number of carbonyl (C=O) groups is 2. The van der Waals surface area contributed by atoms with E-state index in [-0.39, 0.29) is 11.8 Å². The zero-order valence-corrected chi connectivity index (χ0v) is 17.4. The molecular formula is C21H26N2O2S2. The Morgan fingerprint density at radius 2 is 1.81 bits per heavy atom. The van der Waals surface area contributed by atoms with Crippen LogP contribution in [0.3, 0.4) is 0 Å². The van der Waals surface area contributed by atoms with Crippen LogP contribution in [0.2, 0.25) is 0 Å². The molecule has 2 saturated heterocycles. The summed E-state index contributed by atoms with van der Waals surface area (Å²) in [5, 5.41) is 0. The van der Waals surface area contributed by atoms with Crippen molar-refractivity contribution in [2.24, 2.45) is 0 Å². The first-order chi connectivity index (χ1) is 13.0. The molecule has 0 spiro atoms. The molecule has 2 aliphatic rings. The van der Waals surface area contributed by atoms with Gasteiger partial charge in [0.2, 0.25) is 5.91 Å². The van der Waals surface area contributed by atoms with E-state index in [0.29, 0.717) is 28.6 Å². The molecule has 0 atom stereocenters. The molecule has 0 N–H and O–H groups in total. The highest BCUT2D eigenvalue weighted by atomic mass is 32.2. The third kappa shape index (κ3) is 5.42. The number of nitrogens with zero attached hydrogens (tertiary/aromatic N) is 2. The van der Waals surface area contributed by atoms with Crippen LogP contribution in [0.15, 0.2) is 29.2 Å². The van der Waals surface area contributed by atoms with Crippen LogP contribution in [0, 0.1) is 6.92 Å². The largest absolute Gasteiger partial charge is 0.343 e. The fraction of sp³-hybridized carbons (Fsp3) is 0.476. The quantitative estimate of drug-likeness (QED) is 0.541. The number of likely N-dealkylation sites (tertiary alicyclic amines) is 1. The van der Waals surface area contributed by atoms with Crippen LogP contribution in [-0.4, -0.2) is 45.6 Å². The fourth-order valence-corrected chi connectivity index (χ4v) is 4.68. The summed E-state index contributed by atoms with van der Waals surface area (Å²) in [4.78, 5) is 29.3. The van der Waals surface area contributed by atoms with Crippen LogP contribution in [0.4, 0.5) is 0 Å². The van der Waals surface area contributed by atoms with Crippen LogP contribution < -0.4 is 0 Å². The second kappa shape index (κ2) is 9.51. The van der Waals surface area contributed by atoms with Crippen LogP contribution in [0.5, 0.6) is 0 Å². The van der Waals surface area contributed by atoms with E-state index in [2.05, 4.69) is 0 Å². The molecule has 144 valence electrons. The van der Waals surface area contributed by atoms with Crippen molar-refractivity contribution in [1.82, 2.24) is 9.80 Å². The van der Waals surface area contributed by atoms with Crippen LogP contribution in [-0.2, 0) is 9.59 Å². The maximum absolute atomic E-state index is 12.7. The Morgan fingerprint density at radius 1 is 1.15 bits per heavy atom. The van der Waals surface area contributed by atoms with Gasteiger partial charge in [-0.15, -0.1) is 0 Å². The molecule has 0 radical (unpaired) electrons. The minimum atomic E-state index is -0.0483. The number of rotatable bonds is 5. The van der Waals surface area contributed by atoms with Gasteiger partial charge in [0.15, 0.2) is 0 Å². The first-order valence-electron chi connectivity index (χ1n) is 9.64. The number of thiocarbonyl (C=S) groups is 1. The number of hydrogen-bond acceptors (Lipinski definition) is 4. The van der Waals surface area contributed by atoms with E-state index in [1.165, 1.54) is 30.2 Å². The maximum Gasteiger partial charge on any atom is 0.266 e. The Morgan fingerprint density at radius 3 is 2.48 bits per heavy atom. The van der Waals surface area contributed by atoms with Crippen molar-refractivity contribution in [2.75, 3.05) is 19.6 Å². The van der Waals surface area contributed by atoms with Crippen molar-refractivity contribution < 1.29 is 9.59 Å². The predicted molar refractivity (Wildman–Crippen MR) is 115 cm³/mol. The molecule has 0 bridgehead atoms. The highest BCUT2D eigenvalue weighted by molar-refractivity contribution is 8.26.